The maximum absolute atomic E-state index is 12.5. The number of carbonyl (C=O) groups excluding carboxylic acids is 1. The molecule has 0 bridgehead atoms. The third-order valence-corrected chi connectivity index (χ3v) is 4.59. The van der Waals surface area contributed by atoms with E-state index in [-0.39, 0.29) is 11.9 Å². The number of nitrogens with zero attached hydrogens (tertiary/aromatic N) is 3. The SMILES string of the molecule is C[C@@H](Cc1ccccn1)N(C)C(=O)CN1CCCCCCC1. The largest absolute Gasteiger partial charge is 0.342 e. The highest BCUT2D eigenvalue weighted by Crippen LogP contribution is 2.11. The van der Waals surface area contributed by atoms with Gasteiger partial charge in [-0.15, -0.1) is 0 Å². The van der Waals surface area contributed by atoms with Gasteiger partial charge in [-0.1, -0.05) is 25.3 Å². The lowest BCUT2D eigenvalue weighted by Crippen LogP contribution is -2.44. The molecule has 1 atom stereocenters. The predicted molar refractivity (Wildman–Crippen MR) is 89.7 cm³/mol. The first-order valence-corrected chi connectivity index (χ1v) is 8.55. The summed E-state index contributed by atoms with van der Waals surface area (Å²) in [7, 11) is 1.92. The molecule has 0 N–H and O–H groups in total. The smallest absolute Gasteiger partial charge is 0.236 e. The first-order chi connectivity index (χ1) is 10.7. The van der Waals surface area contributed by atoms with E-state index in [1.807, 2.05) is 36.3 Å². The average molecular weight is 303 g/mol. The number of aromatic nitrogens is 1. The van der Waals surface area contributed by atoms with Gasteiger partial charge in [0, 0.05) is 31.4 Å². The van der Waals surface area contributed by atoms with Gasteiger partial charge in [0.1, 0.15) is 0 Å². The lowest BCUT2D eigenvalue weighted by atomic mass is 10.1. The third kappa shape index (κ3) is 5.41. The summed E-state index contributed by atoms with van der Waals surface area (Å²) in [6, 6.07) is 6.12. The molecule has 22 heavy (non-hydrogen) atoms. The standard InChI is InChI=1S/C18H29N3O/c1-16(14-17-10-6-7-11-19-17)20(2)18(22)15-21-12-8-4-3-5-9-13-21/h6-7,10-11,16H,3-5,8-9,12-15H2,1-2H3/t16-/m0/s1. The van der Waals surface area contributed by atoms with Crippen molar-refractivity contribution in [1.29, 1.82) is 0 Å². The molecule has 0 unspecified atom stereocenters. The number of hydrogen-bond acceptors (Lipinski definition) is 3. The van der Waals surface area contributed by atoms with Crippen LogP contribution in [0.15, 0.2) is 24.4 Å². The van der Waals surface area contributed by atoms with Crippen LogP contribution in [0, 0.1) is 0 Å². The molecule has 122 valence electrons. The minimum atomic E-state index is 0.178. The van der Waals surface area contributed by atoms with Crippen LogP contribution in [0.5, 0.6) is 0 Å². The highest BCUT2D eigenvalue weighted by atomic mass is 16.2. The Labute approximate surface area is 134 Å². The molecule has 4 heteroatoms. The number of amides is 1. The van der Waals surface area contributed by atoms with E-state index >= 15 is 0 Å². The molecular formula is C18H29N3O. The molecule has 1 amide bonds. The summed E-state index contributed by atoms with van der Waals surface area (Å²) in [6.45, 7) is 4.78. The van der Waals surface area contributed by atoms with Crippen molar-refractivity contribution in [3.8, 4) is 0 Å². The molecule has 2 rings (SSSR count). The number of rotatable bonds is 5. The summed E-state index contributed by atoms with van der Waals surface area (Å²) in [5, 5.41) is 0. The summed E-state index contributed by atoms with van der Waals surface area (Å²) in [4.78, 5) is 21.1. The van der Waals surface area contributed by atoms with Gasteiger partial charge >= 0.3 is 0 Å². The van der Waals surface area contributed by atoms with Crippen molar-refractivity contribution in [3.05, 3.63) is 30.1 Å². The fourth-order valence-electron chi connectivity index (χ4n) is 2.98. The Hall–Kier alpha value is -1.42. The molecule has 1 aromatic heterocycles. The molecule has 4 nitrogen and oxygen atoms in total. The molecule has 0 aromatic carbocycles. The molecule has 0 saturated carbocycles. The van der Waals surface area contributed by atoms with Crippen LogP contribution < -0.4 is 0 Å². The Balaban J connectivity index is 1.82. The van der Waals surface area contributed by atoms with Crippen molar-refractivity contribution < 1.29 is 4.79 Å². The van der Waals surface area contributed by atoms with E-state index < -0.39 is 0 Å². The fourth-order valence-corrected chi connectivity index (χ4v) is 2.98. The first-order valence-electron chi connectivity index (χ1n) is 8.55. The van der Waals surface area contributed by atoms with Crippen LogP contribution in [-0.4, -0.2) is 53.4 Å². The van der Waals surface area contributed by atoms with Crippen LogP contribution in [-0.2, 0) is 11.2 Å². The van der Waals surface area contributed by atoms with Crippen LogP contribution in [0.25, 0.3) is 0 Å². The Kier molecular flexibility index (Phi) is 6.84. The van der Waals surface area contributed by atoms with Gasteiger partial charge in [-0.3, -0.25) is 14.7 Å². The first kappa shape index (κ1) is 16.9. The second-order valence-electron chi connectivity index (χ2n) is 6.42. The Morgan fingerprint density at radius 3 is 2.55 bits per heavy atom. The summed E-state index contributed by atoms with van der Waals surface area (Å²) in [5.74, 6) is 0.226. The van der Waals surface area contributed by atoms with Gasteiger partial charge in [-0.05, 0) is 45.0 Å². The van der Waals surface area contributed by atoms with Crippen LogP contribution >= 0.6 is 0 Å². The Morgan fingerprint density at radius 1 is 1.23 bits per heavy atom. The van der Waals surface area contributed by atoms with Crippen LogP contribution in [0.3, 0.4) is 0 Å². The molecule has 0 spiro atoms. The predicted octanol–water partition coefficient (Wildman–Crippen LogP) is 2.74. The third-order valence-electron chi connectivity index (χ3n) is 4.59. The van der Waals surface area contributed by atoms with E-state index in [1.165, 1.54) is 32.1 Å². The number of carbonyl (C=O) groups is 1. The fraction of sp³-hybridized carbons (Fsp3) is 0.667. The lowest BCUT2D eigenvalue weighted by Gasteiger charge is -2.29. The van der Waals surface area contributed by atoms with Gasteiger partial charge < -0.3 is 4.90 Å². The molecular weight excluding hydrogens is 274 g/mol. The van der Waals surface area contributed by atoms with Crippen molar-refractivity contribution in [3.63, 3.8) is 0 Å². The summed E-state index contributed by atoms with van der Waals surface area (Å²) in [6.07, 6.45) is 9.02. The van der Waals surface area contributed by atoms with Gasteiger partial charge in [-0.2, -0.15) is 0 Å². The maximum Gasteiger partial charge on any atom is 0.236 e. The molecule has 1 aliphatic rings. The summed E-state index contributed by atoms with van der Waals surface area (Å²) in [5.41, 5.74) is 1.04. The Bertz CT molecular complexity index is 441. The number of likely N-dealkylation sites (tertiary alicyclic amines) is 1. The van der Waals surface area contributed by atoms with Crippen molar-refractivity contribution >= 4 is 5.91 Å². The molecule has 0 radical (unpaired) electrons. The van der Waals surface area contributed by atoms with Crippen LogP contribution in [0.1, 0.15) is 44.7 Å². The number of pyridine rings is 1. The van der Waals surface area contributed by atoms with E-state index in [1.54, 1.807) is 0 Å². The molecule has 1 fully saturated rings. The zero-order valence-electron chi connectivity index (χ0n) is 14.0. The quantitative estimate of drug-likeness (QED) is 0.839. The van der Waals surface area contributed by atoms with Gasteiger partial charge in [0.2, 0.25) is 5.91 Å². The molecule has 1 aromatic rings. The summed E-state index contributed by atoms with van der Waals surface area (Å²) >= 11 is 0. The van der Waals surface area contributed by atoms with Gasteiger partial charge in [-0.25, -0.2) is 0 Å². The zero-order valence-corrected chi connectivity index (χ0v) is 14.0. The molecule has 0 aliphatic carbocycles. The van der Waals surface area contributed by atoms with Crippen molar-refractivity contribution in [1.82, 2.24) is 14.8 Å². The average Bonchev–Trinajstić information content (AvgIpc) is 2.50. The maximum atomic E-state index is 12.5. The van der Waals surface area contributed by atoms with Crippen molar-refractivity contribution in [2.45, 2.75) is 51.5 Å². The number of hydrogen-bond donors (Lipinski definition) is 0. The molecule has 1 aliphatic heterocycles. The van der Waals surface area contributed by atoms with E-state index in [2.05, 4.69) is 16.8 Å². The van der Waals surface area contributed by atoms with E-state index in [0.717, 1.165) is 25.2 Å². The summed E-state index contributed by atoms with van der Waals surface area (Å²) < 4.78 is 0. The minimum Gasteiger partial charge on any atom is -0.342 e. The lowest BCUT2D eigenvalue weighted by molar-refractivity contribution is -0.133. The highest BCUT2D eigenvalue weighted by molar-refractivity contribution is 5.78. The second kappa shape index (κ2) is 8.89. The Morgan fingerprint density at radius 2 is 1.91 bits per heavy atom. The van der Waals surface area contributed by atoms with Crippen molar-refractivity contribution in [2.75, 3.05) is 26.7 Å². The van der Waals surface area contributed by atoms with E-state index in [0.29, 0.717) is 6.54 Å². The second-order valence-corrected chi connectivity index (χ2v) is 6.42. The van der Waals surface area contributed by atoms with Crippen molar-refractivity contribution in [2.24, 2.45) is 0 Å². The van der Waals surface area contributed by atoms with Gasteiger partial charge in [0.25, 0.3) is 0 Å². The minimum absolute atomic E-state index is 0.178. The topological polar surface area (TPSA) is 36.4 Å². The van der Waals surface area contributed by atoms with Crippen LogP contribution in [0.2, 0.25) is 0 Å². The number of likely N-dealkylation sites (N-methyl/N-ethyl adjacent to an activating group) is 1. The van der Waals surface area contributed by atoms with Gasteiger partial charge in [0.15, 0.2) is 0 Å². The van der Waals surface area contributed by atoms with Crippen LogP contribution in [0.4, 0.5) is 0 Å². The van der Waals surface area contributed by atoms with E-state index in [4.69, 9.17) is 0 Å². The normalized spacial score (nSPS) is 18.3. The van der Waals surface area contributed by atoms with Gasteiger partial charge in [0.05, 0.1) is 6.54 Å². The molecule has 2 heterocycles. The monoisotopic (exact) mass is 303 g/mol. The zero-order chi connectivity index (χ0) is 15.8. The van der Waals surface area contributed by atoms with E-state index in [9.17, 15) is 4.79 Å². The highest BCUT2D eigenvalue weighted by Gasteiger charge is 2.19. The molecule has 1 saturated heterocycles.